The Balaban J connectivity index is 1.84. The van der Waals surface area contributed by atoms with E-state index in [9.17, 15) is 9.59 Å². The average Bonchev–Trinajstić information content (AvgIpc) is 2.61. The molecule has 0 bridgehead atoms. The molecule has 2 rings (SSSR count). The third-order valence-corrected chi connectivity index (χ3v) is 3.91. The molecule has 0 spiro atoms. The normalized spacial score (nSPS) is 10.9. The molecule has 138 valence electrons. The van der Waals surface area contributed by atoms with Gasteiger partial charge >= 0.3 is 0 Å². The Morgan fingerprint density at radius 3 is 1.92 bits per heavy atom. The lowest BCUT2D eigenvalue weighted by atomic mass is 9.95. The van der Waals surface area contributed by atoms with Crippen LogP contribution in [0.5, 0.6) is 5.75 Å². The van der Waals surface area contributed by atoms with Crippen LogP contribution in [-0.4, -0.2) is 18.9 Å². The van der Waals surface area contributed by atoms with Crippen LogP contribution in [0.2, 0.25) is 0 Å². The van der Waals surface area contributed by atoms with Crippen LogP contribution >= 0.6 is 0 Å². The molecule has 0 aliphatic rings. The van der Waals surface area contributed by atoms with Gasteiger partial charge in [0.15, 0.2) is 0 Å². The summed E-state index contributed by atoms with van der Waals surface area (Å²) in [6.45, 7) is 5.58. The van der Waals surface area contributed by atoms with Gasteiger partial charge in [0.2, 0.25) is 11.8 Å². The molecule has 0 saturated carbocycles. The zero-order valence-corrected chi connectivity index (χ0v) is 15.8. The Morgan fingerprint density at radius 2 is 1.42 bits per heavy atom. The zero-order chi connectivity index (χ0) is 19.2. The van der Waals surface area contributed by atoms with Crippen LogP contribution < -0.4 is 15.4 Å². The average molecular weight is 354 g/mol. The van der Waals surface area contributed by atoms with Crippen LogP contribution in [0.15, 0.2) is 48.5 Å². The molecule has 2 aromatic carbocycles. The predicted molar refractivity (Wildman–Crippen MR) is 104 cm³/mol. The summed E-state index contributed by atoms with van der Waals surface area (Å²) in [4.78, 5) is 24.1. The lowest BCUT2D eigenvalue weighted by Gasteiger charge is -2.17. The molecule has 5 heteroatoms. The third kappa shape index (κ3) is 5.92. The van der Waals surface area contributed by atoms with Gasteiger partial charge in [-0.15, -0.1) is 0 Å². The Morgan fingerprint density at radius 1 is 0.885 bits per heavy atom. The van der Waals surface area contributed by atoms with E-state index in [4.69, 9.17) is 4.74 Å². The second kappa shape index (κ2) is 8.52. The summed E-state index contributed by atoms with van der Waals surface area (Å²) in [6, 6.07) is 14.8. The molecule has 5 nitrogen and oxygen atoms in total. The fourth-order valence-corrected chi connectivity index (χ4v) is 2.23. The molecule has 0 aromatic heterocycles. The molecule has 0 unspecified atom stereocenters. The standard InChI is InChI=1S/C21H26N2O3/c1-21(2,3)20(25)23-17-10-8-16(9-11-17)22-19(24)14-7-15-5-12-18(26-4)13-6-15/h5-6,8-13H,7,14H2,1-4H3,(H,22,24)(H,23,25). The summed E-state index contributed by atoms with van der Waals surface area (Å²) in [7, 11) is 1.63. The van der Waals surface area contributed by atoms with Crippen LogP contribution in [-0.2, 0) is 16.0 Å². The molecular formula is C21H26N2O3. The van der Waals surface area contributed by atoms with Crippen LogP contribution in [0.3, 0.4) is 0 Å². The van der Waals surface area contributed by atoms with Crippen molar-refractivity contribution >= 4 is 23.2 Å². The molecule has 26 heavy (non-hydrogen) atoms. The maximum atomic E-state index is 12.1. The highest BCUT2D eigenvalue weighted by molar-refractivity contribution is 5.95. The molecule has 2 amide bonds. The molecule has 2 aromatic rings. The highest BCUT2D eigenvalue weighted by atomic mass is 16.5. The van der Waals surface area contributed by atoms with Crippen molar-refractivity contribution in [1.29, 1.82) is 0 Å². The number of carbonyl (C=O) groups excluding carboxylic acids is 2. The number of anilines is 2. The van der Waals surface area contributed by atoms with Crippen molar-refractivity contribution in [1.82, 2.24) is 0 Å². The van der Waals surface area contributed by atoms with Gasteiger partial charge < -0.3 is 15.4 Å². The van der Waals surface area contributed by atoms with E-state index in [1.807, 2.05) is 45.0 Å². The van der Waals surface area contributed by atoms with Gasteiger partial charge in [-0.25, -0.2) is 0 Å². The van der Waals surface area contributed by atoms with Gasteiger partial charge in [0.05, 0.1) is 7.11 Å². The minimum atomic E-state index is -0.450. The van der Waals surface area contributed by atoms with Crippen molar-refractivity contribution in [2.24, 2.45) is 5.41 Å². The maximum absolute atomic E-state index is 12.1. The number of carbonyl (C=O) groups is 2. The van der Waals surface area contributed by atoms with E-state index in [-0.39, 0.29) is 11.8 Å². The number of hydrogen-bond acceptors (Lipinski definition) is 3. The quantitative estimate of drug-likeness (QED) is 0.815. The first-order valence-electron chi connectivity index (χ1n) is 8.62. The molecule has 0 radical (unpaired) electrons. The molecule has 0 atom stereocenters. The van der Waals surface area contributed by atoms with Crippen molar-refractivity contribution < 1.29 is 14.3 Å². The second-order valence-corrected chi connectivity index (χ2v) is 7.18. The van der Waals surface area contributed by atoms with Gasteiger partial charge in [-0.2, -0.15) is 0 Å². The molecular weight excluding hydrogens is 328 g/mol. The third-order valence-electron chi connectivity index (χ3n) is 3.91. The fraction of sp³-hybridized carbons (Fsp3) is 0.333. The van der Waals surface area contributed by atoms with E-state index in [1.54, 1.807) is 31.4 Å². The summed E-state index contributed by atoms with van der Waals surface area (Å²) >= 11 is 0. The van der Waals surface area contributed by atoms with Gasteiger partial charge in [-0.1, -0.05) is 32.9 Å². The van der Waals surface area contributed by atoms with Crippen molar-refractivity contribution in [2.45, 2.75) is 33.6 Å². The van der Waals surface area contributed by atoms with E-state index in [1.165, 1.54) is 0 Å². The molecule has 2 N–H and O–H groups in total. The summed E-state index contributed by atoms with van der Waals surface area (Å²) in [5.74, 6) is 0.706. The van der Waals surface area contributed by atoms with Crippen LogP contribution in [0.4, 0.5) is 11.4 Å². The first-order chi connectivity index (χ1) is 12.3. The van der Waals surface area contributed by atoms with E-state index < -0.39 is 5.41 Å². The number of methoxy groups -OCH3 is 1. The molecule has 0 saturated heterocycles. The topological polar surface area (TPSA) is 67.4 Å². The minimum Gasteiger partial charge on any atom is -0.497 e. The predicted octanol–water partition coefficient (Wildman–Crippen LogP) is 4.25. The fourth-order valence-electron chi connectivity index (χ4n) is 2.23. The number of nitrogens with one attached hydrogen (secondary N) is 2. The summed E-state index contributed by atoms with van der Waals surface area (Å²) in [5.41, 5.74) is 2.05. The maximum Gasteiger partial charge on any atom is 0.229 e. The lowest BCUT2D eigenvalue weighted by Crippen LogP contribution is -2.27. The first kappa shape index (κ1) is 19.5. The van der Waals surface area contributed by atoms with Crippen molar-refractivity contribution in [3.05, 3.63) is 54.1 Å². The number of benzene rings is 2. The van der Waals surface area contributed by atoms with Crippen LogP contribution in [0.25, 0.3) is 0 Å². The Hall–Kier alpha value is -2.82. The van der Waals surface area contributed by atoms with E-state index in [2.05, 4.69) is 10.6 Å². The van der Waals surface area contributed by atoms with Gasteiger partial charge in [0.25, 0.3) is 0 Å². The smallest absolute Gasteiger partial charge is 0.229 e. The zero-order valence-electron chi connectivity index (χ0n) is 15.8. The second-order valence-electron chi connectivity index (χ2n) is 7.18. The number of aryl methyl sites for hydroxylation is 1. The van der Waals surface area contributed by atoms with E-state index >= 15 is 0 Å². The SMILES string of the molecule is COc1ccc(CCC(=O)Nc2ccc(NC(=O)C(C)(C)C)cc2)cc1. The highest BCUT2D eigenvalue weighted by Crippen LogP contribution is 2.19. The van der Waals surface area contributed by atoms with Crippen molar-refractivity contribution in [3.63, 3.8) is 0 Å². The lowest BCUT2D eigenvalue weighted by molar-refractivity contribution is -0.123. The Bertz CT molecular complexity index is 744. The van der Waals surface area contributed by atoms with E-state index in [0.717, 1.165) is 11.3 Å². The highest BCUT2D eigenvalue weighted by Gasteiger charge is 2.21. The molecule has 0 aliphatic heterocycles. The van der Waals surface area contributed by atoms with Gasteiger partial charge in [-0.05, 0) is 48.4 Å². The number of amides is 2. The van der Waals surface area contributed by atoms with Crippen LogP contribution in [0, 0.1) is 5.41 Å². The molecule has 0 aliphatic carbocycles. The van der Waals surface area contributed by atoms with Gasteiger partial charge in [0.1, 0.15) is 5.75 Å². The number of rotatable bonds is 6. The molecule has 0 heterocycles. The minimum absolute atomic E-state index is 0.0474. The number of ether oxygens (including phenoxy) is 1. The van der Waals surface area contributed by atoms with Gasteiger partial charge in [0, 0.05) is 23.2 Å². The monoisotopic (exact) mass is 354 g/mol. The van der Waals surface area contributed by atoms with Crippen molar-refractivity contribution in [2.75, 3.05) is 17.7 Å². The Labute approximate surface area is 154 Å². The Kier molecular flexibility index (Phi) is 6.39. The summed E-state index contributed by atoms with van der Waals surface area (Å²) in [5, 5.41) is 5.73. The summed E-state index contributed by atoms with van der Waals surface area (Å²) < 4.78 is 5.12. The van der Waals surface area contributed by atoms with Crippen molar-refractivity contribution in [3.8, 4) is 5.75 Å². The largest absolute Gasteiger partial charge is 0.497 e. The summed E-state index contributed by atoms with van der Waals surface area (Å²) in [6.07, 6.45) is 1.06. The first-order valence-corrected chi connectivity index (χ1v) is 8.62. The molecule has 0 fully saturated rings. The van der Waals surface area contributed by atoms with E-state index in [0.29, 0.717) is 24.2 Å². The van der Waals surface area contributed by atoms with Crippen LogP contribution in [0.1, 0.15) is 32.8 Å². The number of hydrogen-bond donors (Lipinski definition) is 2. The van der Waals surface area contributed by atoms with Gasteiger partial charge in [-0.3, -0.25) is 9.59 Å².